The standard InChI is InChI=1S/C12H14N4OS/c1-2-5-17-10-7-15-16(8-10)11-4-3-9(6-14-11)12(13)18/h3-4,6-8H,2,5H2,1H3,(H2,13,18). The Morgan fingerprint density at radius 3 is 2.89 bits per heavy atom. The van der Waals surface area contributed by atoms with E-state index in [0.717, 1.165) is 17.7 Å². The van der Waals surface area contributed by atoms with Crippen molar-refractivity contribution in [1.82, 2.24) is 14.8 Å². The van der Waals surface area contributed by atoms with Crippen molar-refractivity contribution >= 4 is 17.2 Å². The topological polar surface area (TPSA) is 66.0 Å². The molecule has 2 heterocycles. The second-order valence-corrected chi connectivity index (χ2v) is 4.18. The van der Waals surface area contributed by atoms with Crippen LogP contribution in [0.1, 0.15) is 18.9 Å². The molecule has 0 aliphatic heterocycles. The highest BCUT2D eigenvalue weighted by Crippen LogP contribution is 2.12. The summed E-state index contributed by atoms with van der Waals surface area (Å²) in [5.74, 6) is 1.43. The summed E-state index contributed by atoms with van der Waals surface area (Å²) >= 11 is 4.87. The van der Waals surface area contributed by atoms with Crippen molar-refractivity contribution in [2.75, 3.05) is 6.61 Å². The van der Waals surface area contributed by atoms with E-state index in [0.29, 0.717) is 17.4 Å². The molecule has 2 N–H and O–H groups in total. The number of pyridine rings is 1. The zero-order valence-electron chi connectivity index (χ0n) is 10.0. The lowest BCUT2D eigenvalue weighted by Crippen LogP contribution is -2.10. The van der Waals surface area contributed by atoms with Gasteiger partial charge in [0.1, 0.15) is 4.99 Å². The molecule has 5 nitrogen and oxygen atoms in total. The second kappa shape index (κ2) is 5.59. The largest absolute Gasteiger partial charge is 0.490 e. The lowest BCUT2D eigenvalue weighted by atomic mass is 10.3. The maximum atomic E-state index is 5.51. The molecule has 0 aliphatic rings. The predicted octanol–water partition coefficient (Wildman–Crippen LogP) is 1.69. The van der Waals surface area contributed by atoms with Crippen LogP contribution in [-0.4, -0.2) is 26.4 Å². The van der Waals surface area contributed by atoms with Crippen LogP contribution in [0.15, 0.2) is 30.7 Å². The van der Waals surface area contributed by atoms with Crippen LogP contribution in [0.3, 0.4) is 0 Å². The number of hydrogen-bond acceptors (Lipinski definition) is 4. The van der Waals surface area contributed by atoms with Gasteiger partial charge in [0.2, 0.25) is 0 Å². The summed E-state index contributed by atoms with van der Waals surface area (Å²) in [7, 11) is 0. The molecule has 0 saturated carbocycles. The fraction of sp³-hybridized carbons (Fsp3) is 0.250. The smallest absolute Gasteiger partial charge is 0.157 e. The number of nitrogens with two attached hydrogens (primary N) is 1. The summed E-state index contributed by atoms with van der Waals surface area (Å²) in [5.41, 5.74) is 6.25. The van der Waals surface area contributed by atoms with E-state index in [1.807, 2.05) is 12.1 Å². The van der Waals surface area contributed by atoms with Crippen LogP contribution in [0.4, 0.5) is 0 Å². The molecule has 2 aromatic heterocycles. The van der Waals surface area contributed by atoms with E-state index in [4.69, 9.17) is 22.7 Å². The van der Waals surface area contributed by atoms with E-state index in [-0.39, 0.29) is 0 Å². The Morgan fingerprint density at radius 2 is 2.28 bits per heavy atom. The summed E-state index contributed by atoms with van der Waals surface area (Å²) in [6, 6.07) is 3.63. The highest BCUT2D eigenvalue weighted by Gasteiger charge is 2.03. The molecule has 0 spiro atoms. The second-order valence-electron chi connectivity index (χ2n) is 3.74. The first kappa shape index (κ1) is 12.5. The average Bonchev–Trinajstić information content (AvgIpc) is 2.85. The first-order valence-electron chi connectivity index (χ1n) is 5.64. The van der Waals surface area contributed by atoms with E-state index in [1.165, 1.54) is 0 Å². The molecule has 0 bridgehead atoms. The van der Waals surface area contributed by atoms with Gasteiger partial charge in [0.25, 0.3) is 0 Å². The van der Waals surface area contributed by atoms with Gasteiger partial charge in [0.15, 0.2) is 11.6 Å². The number of ether oxygens (including phenoxy) is 1. The van der Waals surface area contributed by atoms with Crippen LogP contribution in [0.25, 0.3) is 5.82 Å². The summed E-state index contributed by atoms with van der Waals surface area (Å²) in [5, 5.41) is 4.18. The molecule has 6 heteroatoms. The molecule has 0 amide bonds. The van der Waals surface area contributed by atoms with Gasteiger partial charge in [-0.3, -0.25) is 0 Å². The van der Waals surface area contributed by atoms with Gasteiger partial charge in [0, 0.05) is 11.8 Å². The molecule has 18 heavy (non-hydrogen) atoms. The Balaban J connectivity index is 2.15. The van der Waals surface area contributed by atoms with Gasteiger partial charge >= 0.3 is 0 Å². The van der Waals surface area contributed by atoms with Crippen LogP contribution in [0, 0.1) is 0 Å². The molecule has 2 aromatic rings. The van der Waals surface area contributed by atoms with Crippen LogP contribution in [0.2, 0.25) is 0 Å². The first-order valence-corrected chi connectivity index (χ1v) is 6.05. The molecule has 0 fully saturated rings. The van der Waals surface area contributed by atoms with Crippen LogP contribution >= 0.6 is 12.2 Å². The highest BCUT2D eigenvalue weighted by atomic mass is 32.1. The van der Waals surface area contributed by atoms with Crippen LogP contribution in [0.5, 0.6) is 5.75 Å². The van der Waals surface area contributed by atoms with Crippen molar-refractivity contribution < 1.29 is 4.74 Å². The average molecular weight is 262 g/mol. The lowest BCUT2D eigenvalue weighted by molar-refractivity contribution is 0.317. The quantitative estimate of drug-likeness (QED) is 0.831. The summed E-state index contributed by atoms with van der Waals surface area (Å²) in [4.78, 5) is 4.58. The predicted molar refractivity (Wildman–Crippen MR) is 73.0 cm³/mol. The zero-order chi connectivity index (χ0) is 13.0. The minimum atomic E-state index is 0.335. The Hall–Kier alpha value is -1.95. The zero-order valence-corrected chi connectivity index (χ0v) is 10.9. The monoisotopic (exact) mass is 262 g/mol. The van der Waals surface area contributed by atoms with E-state index in [2.05, 4.69) is 17.0 Å². The van der Waals surface area contributed by atoms with Crippen molar-refractivity contribution in [1.29, 1.82) is 0 Å². The van der Waals surface area contributed by atoms with E-state index in [1.54, 1.807) is 23.3 Å². The summed E-state index contributed by atoms with van der Waals surface area (Å²) in [6.45, 7) is 2.74. The minimum absolute atomic E-state index is 0.335. The molecule has 0 aliphatic carbocycles. The lowest BCUT2D eigenvalue weighted by Gasteiger charge is -2.02. The van der Waals surface area contributed by atoms with Crippen molar-refractivity contribution in [3.63, 3.8) is 0 Å². The molecule has 0 aromatic carbocycles. The number of thiocarbonyl (C=S) groups is 1. The third-order valence-electron chi connectivity index (χ3n) is 2.30. The van der Waals surface area contributed by atoms with Crippen LogP contribution < -0.4 is 10.5 Å². The molecular weight excluding hydrogens is 248 g/mol. The Bertz CT molecular complexity index is 535. The summed E-state index contributed by atoms with van der Waals surface area (Å²) in [6.07, 6.45) is 6.05. The van der Waals surface area contributed by atoms with Gasteiger partial charge in [0.05, 0.1) is 19.0 Å². The number of aromatic nitrogens is 3. The van der Waals surface area contributed by atoms with Gasteiger partial charge in [-0.1, -0.05) is 19.1 Å². The molecule has 0 saturated heterocycles. The SMILES string of the molecule is CCCOc1cnn(-c2ccc(C(N)=S)cn2)c1. The van der Waals surface area contributed by atoms with E-state index in [9.17, 15) is 0 Å². The van der Waals surface area contributed by atoms with Crippen molar-refractivity contribution in [2.24, 2.45) is 5.73 Å². The Kier molecular flexibility index (Phi) is 3.88. The van der Waals surface area contributed by atoms with Gasteiger partial charge in [-0.15, -0.1) is 0 Å². The fourth-order valence-electron chi connectivity index (χ4n) is 1.39. The summed E-state index contributed by atoms with van der Waals surface area (Å²) < 4.78 is 7.11. The molecule has 0 unspecified atom stereocenters. The van der Waals surface area contributed by atoms with Crippen molar-refractivity contribution in [3.8, 4) is 11.6 Å². The Labute approximate surface area is 111 Å². The molecular formula is C12H14N4OS. The maximum absolute atomic E-state index is 5.51. The van der Waals surface area contributed by atoms with Crippen molar-refractivity contribution in [2.45, 2.75) is 13.3 Å². The van der Waals surface area contributed by atoms with E-state index >= 15 is 0 Å². The molecule has 2 rings (SSSR count). The first-order chi connectivity index (χ1) is 8.70. The van der Waals surface area contributed by atoms with Crippen molar-refractivity contribution in [3.05, 3.63) is 36.3 Å². The fourth-order valence-corrected chi connectivity index (χ4v) is 1.51. The molecule has 0 radical (unpaired) electrons. The number of rotatable bonds is 5. The van der Waals surface area contributed by atoms with Gasteiger partial charge in [-0.25, -0.2) is 9.67 Å². The highest BCUT2D eigenvalue weighted by molar-refractivity contribution is 7.80. The minimum Gasteiger partial charge on any atom is -0.490 e. The van der Waals surface area contributed by atoms with E-state index < -0.39 is 0 Å². The van der Waals surface area contributed by atoms with Gasteiger partial charge < -0.3 is 10.5 Å². The Morgan fingerprint density at radius 1 is 1.44 bits per heavy atom. The maximum Gasteiger partial charge on any atom is 0.157 e. The van der Waals surface area contributed by atoms with Crippen LogP contribution in [-0.2, 0) is 0 Å². The van der Waals surface area contributed by atoms with Gasteiger partial charge in [-0.05, 0) is 18.6 Å². The van der Waals surface area contributed by atoms with Gasteiger partial charge in [-0.2, -0.15) is 5.10 Å². The number of hydrogen-bond donors (Lipinski definition) is 1. The third-order valence-corrected chi connectivity index (χ3v) is 2.53. The molecule has 0 atom stereocenters. The number of nitrogens with zero attached hydrogens (tertiary/aromatic N) is 3. The normalized spacial score (nSPS) is 10.3. The molecule has 94 valence electrons. The third kappa shape index (κ3) is 2.84.